The van der Waals surface area contributed by atoms with Crippen molar-refractivity contribution in [2.24, 2.45) is 0 Å². The molecule has 4 rings (SSSR count). The van der Waals surface area contributed by atoms with E-state index in [1.165, 1.54) is 11.1 Å². The zero-order valence-electron chi connectivity index (χ0n) is 13.3. The van der Waals surface area contributed by atoms with Crippen LogP contribution in [0, 0.1) is 13.8 Å². The number of benzene rings is 1. The van der Waals surface area contributed by atoms with Gasteiger partial charge in [-0.3, -0.25) is 9.58 Å². The van der Waals surface area contributed by atoms with Crippen molar-refractivity contribution < 1.29 is 4.52 Å². The van der Waals surface area contributed by atoms with E-state index in [1.807, 2.05) is 23.0 Å². The monoisotopic (exact) mass is 309 g/mol. The molecule has 0 N–H and O–H groups in total. The van der Waals surface area contributed by atoms with Gasteiger partial charge in [-0.2, -0.15) is 10.1 Å². The molecule has 1 fully saturated rings. The second-order valence-corrected chi connectivity index (χ2v) is 6.23. The highest BCUT2D eigenvalue weighted by Gasteiger charge is 2.29. The fourth-order valence-electron chi connectivity index (χ4n) is 2.88. The molecule has 3 aromatic rings. The fraction of sp³-hybridized carbons (Fsp3) is 0.353. The maximum absolute atomic E-state index is 5.39. The van der Waals surface area contributed by atoms with E-state index < -0.39 is 0 Å². The zero-order chi connectivity index (χ0) is 15.8. The van der Waals surface area contributed by atoms with Gasteiger partial charge in [-0.15, -0.1) is 0 Å². The minimum atomic E-state index is 0.447. The van der Waals surface area contributed by atoms with Gasteiger partial charge in [0.05, 0.1) is 18.8 Å². The molecule has 0 amide bonds. The van der Waals surface area contributed by atoms with Crippen LogP contribution in [0.5, 0.6) is 0 Å². The molecule has 118 valence electrons. The molecule has 1 aromatic carbocycles. The normalized spacial score (nSPS) is 15.7. The Bertz CT molecular complexity index is 816. The summed E-state index contributed by atoms with van der Waals surface area (Å²) in [7, 11) is 0. The van der Waals surface area contributed by atoms with E-state index in [0.717, 1.165) is 18.7 Å². The molecule has 6 nitrogen and oxygen atoms in total. The largest absolute Gasteiger partial charge is 0.338 e. The number of likely N-dealkylation sites (tertiary alicyclic amines) is 1. The molecule has 3 heterocycles. The quantitative estimate of drug-likeness (QED) is 0.741. The molecule has 1 aliphatic heterocycles. The predicted octanol–water partition coefficient (Wildman–Crippen LogP) is 2.61. The van der Waals surface area contributed by atoms with Crippen molar-refractivity contribution in [3.8, 4) is 11.4 Å². The van der Waals surface area contributed by atoms with Crippen LogP contribution in [0.3, 0.4) is 0 Å². The topological polar surface area (TPSA) is 60.0 Å². The summed E-state index contributed by atoms with van der Waals surface area (Å²) in [5, 5.41) is 8.46. The van der Waals surface area contributed by atoms with Crippen molar-refractivity contribution in [2.45, 2.75) is 26.4 Å². The molecule has 0 atom stereocenters. The van der Waals surface area contributed by atoms with Crippen molar-refractivity contribution in [2.75, 3.05) is 13.1 Å². The summed E-state index contributed by atoms with van der Waals surface area (Å²) in [6.45, 7) is 6.73. The van der Waals surface area contributed by atoms with Crippen molar-refractivity contribution >= 4 is 0 Å². The van der Waals surface area contributed by atoms with Crippen molar-refractivity contribution in [1.29, 1.82) is 0 Å². The molecule has 1 saturated heterocycles. The maximum atomic E-state index is 5.39. The first kappa shape index (κ1) is 14.1. The van der Waals surface area contributed by atoms with Crippen LogP contribution in [0.15, 0.2) is 41.2 Å². The molecular formula is C17H19N5O. The summed E-state index contributed by atoms with van der Waals surface area (Å²) in [6.07, 6.45) is 3.99. The summed E-state index contributed by atoms with van der Waals surface area (Å²) in [5.74, 6) is 1.32. The molecule has 0 saturated carbocycles. The van der Waals surface area contributed by atoms with Gasteiger partial charge in [0.25, 0.3) is 0 Å². The summed E-state index contributed by atoms with van der Waals surface area (Å²) in [4.78, 5) is 6.79. The maximum Gasteiger partial charge on any atom is 0.241 e. The van der Waals surface area contributed by atoms with E-state index >= 15 is 0 Å². The average Bonchev–Trinajstić information content (AvgIpc) is 3.11. The molecule has 6 heteroatoms. The first-order valence-corrected chi connectivity index (χ1v) is 7.80. The Morgan fingerprint density at radius 1 is 1.22 bits per heavy atom. The first-order valence-electron chi connectivity index (χ1n) is 7.80. The Morgan fingerprint density at radius 3 is 2.83 bits per heavy atom. The molecule has 2 aromatic heterocycles. The van der Waals surface area contributed by atoms with E-state index in [-0.39, 0.29) is 0 Å². The summed E-state index contributed by atoms with van der Waals surface area (Å²) < 4.78 is 7.42. The van der Waals surface area contributed by atoms with Gasteiger partial charge in [-0.05, 0) is 25.5 Å². The van der Waals surface area contributed by atoms with Crippen molar-refractivity contribution in [3.05, 3.63) is 53.7 Å². The van der Waals surface area contributed by atoms with Crippen LogP contribution in [-0.4, -0.2) is 37.9 Å². The van der Waals surface area contributed by atoms with Gasteiger partial charge >= 0.3 is 0 Å². The number of hydrogen-bond acceptors (Lipinski definition) is 5. The number of nitrogens with zero attached hydrogens (tertiary/aromatic N) is 5. The standard InChI is InChI=1S/C17H19N5O/c1-12-4-3-5-14(6-12)17-19-16(23-20-17)11-21-9-15(10-21)22-8-13(2)7-18-22/h3-8,15H,9-11H2,1-2H3. The average molecular weight is 309 g/mol. The third-order valence-corrected chi connectivity index (χ3v) is 4.15. The minimum absolute atomic E-state index is 0.447. The van der Waals surface area contributed by atoms with Gasteiger partial charge in [0.1, 0.15) is 0 Å². The van der Waals surface area contributed by atoms with Crippen LogP contribution in [-0.2, 0) is 6.54 Å². The van der Waals surface area contributed by atoms with E-state index in [0.29, 0.717) is 24.3 Å². The van der Waals surface area contributed by atoms with Gasteiger partial charge in [-0.1, -0.05) is 28.9 Å². The van der Waals surface area contributed by atoms with E-state index in [1.54, 1.807) is 0 Å². The summed E-state index contributed by atoms with van der Waals surface area (Å²) >= 11 is 0. The van der Waals surface area contributed by atoms with Gasteiger partial charge in [0.2, 0.25) is 11.7 Å². The molecule has 0 bridgehead atoms. The SMILES string of the molecule is Cc1cccc(-c2noc(CN3CC(n4cc(C)cn4)C3)n2)c1. The van der Waals surface area contributed by atoms with Gasteiger partial charge in [0.15, 0.2) is 0 Å². The highest BCUT2D eigenvalue weighted by atomic mass is 16.5. The van der Waals surface area contributed by atoms with Crippen LogP contribution in [0.2, 0.25) is 0 Å². The molecular weight excluding hydrogens is 290 g/mol. The third kappa shape index (κ3) is 2.90. The van der Waals surface area contributed by atoms with E-state index in [4.69, 9.17) is 4.52 Å². The Kier molecular flexibility index (Phi) is 3.46. The molecule has 23 heavy (non-hydrogen) atoms. The van der Waals surface area contributed by atoms with Crippen LogP contribution in [0.1, 0.15) is 23.1 Å². The summed E-state index contributed by atoms with van der Waals surface area (Å²) in [6, 6.07) is 8.58. The van der Waals surface area contributed by atoms with Crippen LogP contribution < -0.4 is 0 Å². The lowest BCUT2D eigenvalue weighted by Gasteiger charge is -2.38. The lowest BCUT2D eigenvalue weighted by Crippen LogP contribution is -2.47. The molecule has 0 spiro atoms. The van der Waals surface area contributed by atoms with E-state index in [2.05, 4.69) is 52.3 Å². The number of aryl methyl sites for hydroxylation is 2. The molecule has 0 unspecified atom stereocenters. The Hall–Kier alpha value is -2.47. The number of aromatic nitrogens is 4. The summed E-state index contributed by atoms with van der Waals surface area (Å²) in [5.41, 5.74) is 3.38. The van der Waals surface area contributed by atoms with Gasteiger partial charge < -0.3 is 4.52 Å². The third-order valence-electron chi connectivity index (χ3n) is 4.15. The first-order chi connectivity index (χ1) is 11.2. The highest BCUT2D eigenvalue weighted by molar-refractivity contribution is 5.55. The Balaban J connectivity index is 1.38. The molecule has 0 radical (unpaired) electrons. The van der Waals surface area contributed by atoms with Gasteiger partial charge in [0, 0.05) is 24.8 Å². The predicted molar refractivity (Wildman–Crippen MR) is 85.7 cm³/mol. The fourth-order valence-corrected chi connectivity index (χ4v) is 2.88. The Morgan fingerprint density at radius 2 is 2.09 bits per heavy atom. The number of rotatable bonds is 4. The van der Waals surface area contributed by atoms with Crippen LogP contribution in [0.25, 0.3) is 11.4 Å². The van der Waals surface area contributed by atoms with Crippen molar-refractivity contribution in [1.82, 2.24) is 24.8 Å². The van der Waals surface area contributed by atoms with Crippen LogP contribution >= 0.6 is 0 Å². The minimum Gasteiger partial charge on any atom is -0.338 e. The van der Waals surface area contributed by atoms with Crippen molar-refractivity contribution in [3.63, 3.8) is 0 Å². The van der Waals surface area contributed by atoms with Crippen LogP contribution in [0.4, 0.5) is 0 Å². The lowest BCUT2D eigenvalue weighted by atomic mass is 10.1. The second-order valence-electron chi connectivity index (χ2n) is 6.23. The molecule has 0 aliphatic carbocycles. The van der Waals surface area contributed by atoms with E-state index in [9.17, 15) is 0 Å². The number of hydrogen-bond donors (Lipinski definition) is 0. The highest BCUT2D eigenvalue weighted by Crippen LogP contribution is 2.23. The van der Waals surface area contributed by atoms with Gasteiger partial charge in [-0.25, -0.2) is 0 Å². The second kappa shape index (κ2) is 5.62. The lowest BCUT2D eigenvalue weighted by molar-refractivity contribution is 0.0790. The smallest absolute Gasteiger partial charge is 0.241 e. The zero-order valence-corrected chi connectivity index (χ0v) is 13.3. The molecule has 1 aliphatic rings. The Labute approximate surface area is 134 Å².